The molecule has 0 aromatic carbocycles. The number of hydrogen-bond acceptors (Lipinski definition) is 3. The Morgan fingerprint density at radius 2 is 2.00 bits per heavy atom. The Labute approximate surface area is 90.4 Å². The van der Waals surface area contributed by atoms with Crippen molar-refractivity contribution in [3.8, 4) is 0 Å². The van der Waals surface area contributed by atoms with Gasteiger partial charge in [-0.2, -0.15) is 0 Å². The van der Waals surface area contributed by atoms with Crippen LogP contribution in [0.1, 0.15) is 40.0 Å². The molecule has 1 rings (SSSR count). The van der Waals surface area contributed by atoms with E-state index in [-0.39, 0.29) is 36.2 Å². The molecule has 0 heterocycles. The molecule has 1 N–H and O–H groups in total. The molecule has 0 radical (unpaired) electrons. The Morgan fingerprint density at radius 1 is 1.40 bits per heavy atom. The maximum absolute atomic E-state index is 11.4. The average molecular weight is 213 g/mol. The largest absolute Gasteiger partial charge is 0.466 e. The van der Waals surface area contributed by atoms with Crippen molar-refractivity contribution in [2.75, 3.05) is 6.61 Å². The first-order valence-electron chi connectivity index (χ1n) is 5.40. The van der Waals surface area contributed by atoms with E-state index < -0.39 is 0 Å². The van der Waals surface area contributed by atoms with E-state index >= 15 is 0 Å². The standard InChI is InChI=1S/C11H19NO3/c1-4-15-10(14)6-5-9(13)12-8-7-11(8,2)3/h8H,4-7H2,1-3H3,(H,12,13). The molecule has 15 heavy (non-hydrogen) atoms. The monoisotopic (exact) mass is 213 g/mol. The summed E-state index contributed by atoms with van der Waals surface area (Å²) in [6, 6.07) is 0.284. The van der Waals surface area contributed by atoms with Crippen molar-refractivity contribution < 1.29 is 14.3 Å². The van der Waals surface area contributed by atoms with Crippen LogP contribution in [-0.2, 0) is 14.3 Å². The average Bonchev–Trinajstić information content (AvgIpc) is 2.71. The van der Waals surface area contributed by atoms with Crippen LogP contribution in [0.3, 0.4) is 0 Å². The first-order chi connectivity index (χ1) is 6.95. The molecule has 0 aromatic rings. The van der Waals surface area contributed by atoms with Crippen LogP contribution in [0.4, 0.5) is 0 Å². The second-order valence-corrected chi connectivity index (χ2v) is 4.62. The van der Waals surface area contributed by atoms with E-state index in [1.54, 1.807) is 6.92 Å². The molecule has 0 spiro atoms. The summed E-state index contributed by atoms with van der Waals surface area (Å²) >= 11 is 0. The van der Waals surface area contributed by atoms with Crippen molar-refractivity contribution in [3.63, 3.8) is 0 Å². The van der Waals surface area contributed by atoms with Gasteiger partial charge in [0.05, 0.1) is 13.0 Å². The predicted molar refractivity (Wildman–Crippen MR) is 56.2 cm³/mol. The van der Waals surface area contributed by atoms with Gasteiger partial charge in [0.25, 0.3) is 0 Å². The predicted octanol–water partition coefficient (Wildman–Crippen LogP) is 1.24. The van der Waals surface area contributed by atoms with E-state index in [9.17, 15) is 9.59 Å². The van der Waals surface area contributed by atoms with E-state index in [0.29, 0.717) is 6.61 Å². The van der Waals surface area contributed by atoms with Gasteiger partial charge in [-0.3, -0.25) is 9.59 Å². The molecule has 0 aliphatic heterocycles. The lowest BCUT2D eigenvalue weighted by atomic mass is 10.2. The zero-order chi connectivity index (χ0) is 11.5. The Bertz CT molecular complexity index is 261. The highest BCUT2D eigenvalue weighted by Gasteiger charge is 2.46. The normalized spacial score (nSPS) is 21.9. The number of esters is 1. The van der Waals surface area contributed by atoms with E-state index in [1.807, 2.05) is 0 Å². The molecule has 1 aliphatic rings. The van der Waals surface area contributed by atoms with Gasteiger partial charge in [-0.05, 0) is 18.8 Å². The fraction of sp³-hybridized carbons (Fsp3) is 0.818. The number of amides is 1. The summed E-state index contributed by atoms with van der Waals surface area (Å²) in [6.45, 7) is 6.35. The number of carbonyl (C=O) groups is 2. The van der Waals surface area contributed by atoms with E-state index in [1.165, 1.54) is 0 Å². The van der Waals surface area contributed by atoms with Gasteiger partial charge in [-0.15, -0.1) is 0 Å². The molecule has 1 aliphatic carbocycles. The smallest absolute Gasteiger partial charge is 0.306 e. The van der Waals surface area contributed by atoms with E-state index in [0.717, 1.165) is 6.42 Å². The molecule has 4 nitrogen and oxygen atoms in total. The number of nitrogens with one attached hydrogen (secondary N) is 1. The zero-order valence-electron chi connectivity index (χ0n) is 9.63. The molecule has 1 fully saturated rings. The molecule has 1 saturated carbocycles. The summed E-state index contributed by atoms with van der Waals surface area (Å²) in [5.41, 5.74) is 0.236. The van der Waals surface area contributed by atoms with Gasteiger partial charge in [0.15, 0.2) is 0 Å². The van der Waals surface area contributed by atoms with Crippen molar-refractivity contribution in [2.45, 2.75) is 46.1 Å². The lowest BCUT2D eigenvalue weighted by Crippen LogP contribution is -2.28. The lowest BCUT2D eigenvalue weighted by Gasteiger charge is -2.06. The highest BCUT2D eigenvalue weighted by atomic mass is 16.5. The van der Waals surface area contributed by atoms with Crippen molar-refractivity contribution in [1.29, 1.82) is 0 Å². The third-order valence-corrected chi connectivity index (χ3v) is 2.71. The Balaban J connectivity index is 2.12. The van der Waals surface area contributed by atoms with E-state index in [2.05, 4.69) is 19.2 Å². The molecule has 1 unspecified atom stereocenters. The second kappa shape index (κ2) is 4.64. The summed E-state index contributed by atoms with van der Waals surface area (Å²) in [5, 5.41) is 2.89. The van der Waals surface area contributed by atoms with Crippen LogP contribution in [0.25, 0.3) is 0 Å². The fourth-order valence-corrected chi connectivity index (χ4v) is 1.43. The highest BCUT2D eigenvalue weighted by molar-refractivity contribution is 5.81. The number of ether oxygens (including phenoxy) is 1. The minimum Gasteiger partial charge on any atom is -0.466 e. The topological polar surface area (TPSA) is 55.4 Å². The molecule has 4 heteroatoms. The maximum atomic E-state index is 11.4. The van der Waals surface area contributed by atoms with Gasteiger partial charge >= 0.3 is 5.97 Å². The van der Waals surface area contributed by atoms with Crippen LogP contribution in [0, 0.1) is 5.41 Å². The minimum absolute atomic E-state index is 0.0568. The van der Waals surface area contributed by atoms with Crippen molar-refractivity contribution in [2.24, 2.45) is 5.41 Å². The van der Waals surface area contributed by atoms with Gasteiger partial charge < -0.3 is 10.1 Å². The Hall–Kier alpha value is -1.06. The minimum atomic E-state index is -0.303. The van der Waals surface area contributed by atoms with Crippen molar-refractivity contribution >= 4 is 11.9 Å². The molecule has 0 bridgehead atoms. The molecule has 1 atom stereocenters. The SMILES string of the molecule is CCOC(=O)CCC(=O)NC1CC1(C)C. The van der Waals surface area contributed by atoms with Crippen LogP contribution < -0.4 is 5.32 Å². The number of hydrogen-bond donors (Lipinski definition) is 1. The number of rotatable bonds is 5. The van der Waals surface area contributed by atoms with Gasteiger partial charge in [0.1, 0.15) is 0 Å². The quantitative estimate of drug-likeness (QED) is 0.699. The molecule has 86 valence electrons. The summed E-state index contributed by atoms with van der Waals surface area (Å²) in [5.74, 6) is -0.360. The van der Waals surface area contributed by atoms with Crippen LogP contribution in [0.15, 0.2) is 0 Å². The van der Waals surface area contributed by atoms with Crippen LogP contribution in [0.5, 0.6) is 0 Å². The van der Waals surface area contributed by atoms with Gasteiger partial charge in [0.2, 0.25) is 5.91 Å². The van der Waals surface area contributed by atoms with Gasteiger partial charge in [-0.1, -0.05) is 13.8 Å². The van der Waals surface area contributed by atoms with Gasteiger partial charge in [-0.25, -0.2) is 0 Å². The maximum Gasteiger partial charge on any atom is 0.306 e. The highest BCUT2D eigenvalue weighted by Crippen LogP contribution is 2.44. The van der Waals surface area contributed by atoms with Crippen LogP contribution >= 0.6 is 0 Å². The molecular formula is C11H19NO3. The summed E-state index contributed by atoms with van der Waals surface area (Å²) in [6.07, 6.45) is 1.43. The first kappa shape index (κ1) is 12.0. The van der Waals surface area contributed by atoms with E-state index in [4.69, 9.17) is 4.74 Å². The summed E-state index contributed by atoms with van der Waals surface area (Å²) in [4.78, 5) is 22.3. The third kappa shape index (κ3) is 3.90. The Morgan fingerprint density at radius 3 is 2.47 bits per heavy atom. The molecule has 0 saturated heterocycles. The second-order valence-electron chi connectivity index (χ2n) is 4.62. The Kier molecular flexibility index (Phi) is 3.72. The van der Waals surface area contributed by atoms with Crippen LogP contribution in [0.2, 0.25) is 0 Å². The molecule has 1 amide bonds. The van der Waals surface area contributed by atoms with Crippen molar-refractivity contribution in [3.05, 3.63) is 0 Å². The van der Waals surface area contributed by atoms with Crippen molar-refractivity contribution in [1.82, 2.24) is 5.32 Å². The zero-order valence-corrected chi connectivity index (χ0v) is 9.63. The lowest BCUT2D eigenvalue weighted by molar-refractivity contribution is -0.144. The van der Waals surface area contributed by atoms with Crippen LogP contribution in [-0.4, -0.2) is 24.5 Å². The summed E-state index contributed by atoms with van der Waals surface area (Å²) < 4.78 is 4.73. The molecule has 0 aromatic heterocycles. The first-order valence-corrected chi connectivity index (χ1v) is 5.40. The number of carbonyl (C=O) groups excluding carboxylic acids is 2. The molecular weight excluding hydrogens is 194 g/mol. The van der Waals surface area contributed by atoms with Gasteiger partial charge in [0, 0.05) is 12.5 Å². The third-order valence-electron chi connectivity index (χ3n) is 2.71. The fourth-order valence-electron chi connectivity index (χ4n) is 1.43. The summed E-state index contributed by atoms with van der Waals surface area (Å²) in [7, 11) is 0.